The number of hydrogen-bond acceptors (Lipinski definition) is 7. The Morgan fingerprint density at radius 3 is 2.62 bits per heavy atom. The number of H-pyrrole nitrogens is 1. The number of hydrogen-bond donors (Lipinski definition) is 4. The first-order valence-corrected chi connectivity index (χ1v) is 12.5. The molecule has 0 spiro atoms. The Kier molecular flexibility index (Phi) is 6.40. The molecule has 37 heavy (non-hydrogen) atoms. The molecule has 194 valence electrons. The first kappa shape index (κ1) is 25.2. The fraction of sp³-hybridized carbons (Fsp3) is 0.360. The van der Waals surface area contributed by atoms with Gasteiger partial charge < -0.3 is 20.5 Å². The average molecular weight is 532 g/mol. The molecule has 4 aromatic rings. The highest BCUT2D eigenvalue weighted by Gasteiger charge is 2.40. The van der Waals surface area contributed by atoms with Crippen molar-refractivity contribution in [2.24, 2.45) is 11.8 Å². The summed E-state index contributed by atoms with van der Waals surface area (Å²) in [4.78, 5) is 27.2. The van der Waals surface area contributed by atoms with E-state index < -0.39 is 23.4 Å². The lowest BCUT2D eigenvalue weighted by Crippen LogP contribution is -2.35. The van der Waals surface area contributed by atoms with Gasteiger partial charge in [-0.1, -0.05) is 0 Å². The quantitative estimate of drug-likeness (QED) is 0.243. The molecule has 0 aliphatic heterocycles. The minimum atomic E-state index is -4.57. The maximum atomic E-state index is 13.0. The van der Waals surface area contributed by atoms with Gasteiger partial charge in [0.1, 0.15) is 16.3 Å². The van der Waals surface area contributed by atoms with Crippen LogP contribution in [0.4, 0.5) is 24.8 Å². The van der Waals surface area contributed by atoms with Crippen molar-refractivity contribution in [3.8, 4) is 10.4 Å². The summed E-state index contributed by atoms with van der Waals surface area (Å²) in [7, 11) is 0. The van der Waals surface area contributed by atoms with Gasteiger partial charge in [0, 0.05) is 40.7 Å². The number of nitrogens with one attached hydrogen (secondary N) is 2. The summed E-state index contributed by atoms with van der Waals surface area (Å²) >= 11 is 1.36. The van der Waals surface area contributed by atoms with Crippen LogP contribution < -0.4 is 5.32 Å². The standard InChI is InChI=1S/C25H24F3N5O3S/c1-24(36,14-4-2-13(3-5-14)21(34)35)22-31-12-19(37-22)17-11-30-18-7-6-15(10-16(17)18)32-23-29-9-8-20(33-23)25(26,27)28/h6-14,30,36H,2-5H2,1H3,(H,34,35)(H,29,32,33)/t13?,14?,24-/m1/s1. The van der Waals surface area contributed by atoms with Gasteiger partial charge in [0.25, 0.3) is 0 Å². The van der Waals surface area contributed by atoms with E-state index in [2.05, 4.69) is 25.3 Å². The molecule has 0 radical (unpaired) electrons. The van der Waals surface area contributed by atoms with Gasteiger partial charge >= 0.3 is 12.1 Å². The van der Waals surface area contributed by atoms with Crippen LogP contribution in [-0.4, -0.2) is 36.1 Å². The number of alkyl halides is 3. The van der Waals surface area contributed by atoms with Gasteiger partial charge in [0.15, 0.2) is 0 Å². The highest BCUT2D eigenvalue weighted by atomic mass is 32.1. The molecule has 0 unspecified atom stereocenters. The van der Waals surface area contributed by atoms with Gasteiger partial charge in [0.2, 0.25) is 5.95 Å². The summed E-state index contributed by atoms with van der Waals surface area (Å²) in [5.74, 6) is -1.41. The Hall–Kier alpha value is -3.51. The number of nitrogens with zero attached hydrogens (tertiary/aromatic N) is 3. The summed E-state index contributed by atoms with van der Waals surface area (Å²) < 4.78 is 39.0. The number of carbonyl (C=O) groups is 1. The van der Waals surface area contributed by atoms with E-state index in [1.54, 1.807) is 31.3 Å². The van der Waals surface area contributed by atoms with Crippen molar-refractivity contribution in [2.75, 3.05) is 5.32 Å². The molecular formula is C25H24F3N5O3S. The number of aliphatic carboxylic acids is 1. The molecule has 1 atom stereocenters. The van der Waals surface area contributed by atoms with Crippen molar-refractivity contribution in [3.63, 3.8) is 0 Å². The first-order chi connectivity index (χ1) is 17.5. The van der Waals surface area contributed by atoms with Gasteiger partial charge in [-0.25, -0.2) is 15.0 Å². The third-order valence-corrected chi connectivity index (χ3v) is 8.22. The Morgan fingerprint density at radius 1 is 1.16 bits per heavy atom. The lowest BCUT2D eigenvalue weighted by molar-refractivity contribution is -0.144. The second-order valence-corrected chi connectivity index (χ2v) is 10.4. The SMILES string of the molecule is C[C@](O)(c1ncc(-c2c[nH]c3ccc(Nc4nccc(C(F)(F)F)n4)cc23)s1)C1CCC(C(=O)O)CC1. The number of aromatic nitrogens is 4. The molecule has 1 aliphatic carbocycles. The number of thiazole rings is 1. The van der Waals surface area contributed by atoms with Crippen LogP contribution in [0.3, 0.4) is 0 Å². The van der Waals surface area contributed by atoms with Crippen LogP contribution in [0, 0.1) is 11.8 Å². The molecule has 0 bridgehead atoms. The first-order valence-electron chi connectivity index (χ1n) is 11.7. The monoisotopic (exact) mass is 531 g/mol. The number of carboxylic acids is 1. The molecule has 0 saturated heterocycles. The molecule has 3 aromatic heterocycles. The fourth-order valence-corrected chi connectivity index (χ4v) is 5.89. The van der Waals surface area contributed by atoms with Crippen LogP contribution in [0.5, 0.6) is 0 Å². The van der Waals surface area contributed by atoms with Gasteiger partial charge in [-0.3, -0.25) is 4.79 Å². The minimum absolute atomic E-state index is 0.0895. The lowest BCUT2D eigenvalue weighted by Gasteiger charge is -2.35. The van der Waals surface area contributed by atoms with Crippen molar-refractivity contribution in [1.29, 1.82) is 0 Å². The highest BCUT2D eigenvalue weighted by Crippen LogP contribution is 2.44. The zero-order valence-corrected chi connectivity index (χ0v) is 20.5. The summed E-state index contributed by atoms with van der Waals surface area (Å²) in [5.41, 5.74) is -0.0582. The summed E-state index contributed by atoms with van der Waals surface area (Å²) in [6.45, 7) is 1.73. The smallest absolute Gasteiger partial charge is 0.433 e. The predicted molar refractivity (Wildman–Crippen MR) is 132 cm³/mol. The maximum absolute atomic E-state index is 13.0. The Bertz CT molecular complexity index is 1440. The van der Waals surface area contributed by atoms with Gasteiger partial charge in [0.05, 0.1) is 10.8 Å². The van der Waals surface area contributed by atoms with Crippen molar-refractivity contribution in [1.82, 2.24) is 19.9 Å². The molecule has 12 heteroatoms. The maximum Gasteiger partial charge on any atom is 0.433 e. The zero-order valence-electron chi connectivity index (χ0n) is 19.7. The molecule has 1 aromatic carbocycles. The largest absolute Gasteiger partial charge is 0.481 e. The topological polar surface area (TPSA) is 124 Å². The Labute approximate surface area is 213 Å². The van der Waals surface area contributed by atoms with E-state index in [1.165, 1.54) is 11.3 Å². The molecule has 8 nitrogen and oxygen atoms in total. The van der Waals surface area contributed by atoms with Crippen LogP contribution in [-0.2, 0) is 16.6 Å². The summed E-state index contributed by atoms with van der Waals surface area (Å²) in [5, 5.41) is 24.8. The van der Waals surface area contributed by atoms with E-state index in [0.29, 0.717) is 36.4 Å². The highest BCUT2D eigenvalue weighted by molar-refractivity contribution is 7.15. The second kappa shape index (κ2) is 9.42. The Morgan fingerprint density at radius 2 is 1.92 bits per heavy atom. The van der Waals surface area contributed by atoms with E-state index in [-0.39, 0.29) is 17.8 Å². The minimum Gasteiger partial charge on any atom is -0.481 e. The van der Waals surface area contributed by atoms with Crippen LogP contribution in [0.25, 0.3) is 21.3 Å². The van der Waals surface area contributed by atoms with Crippen LogP contribution in [0.15, 0.2) is 42.9 Å². The van der Waals surface area contributed by atoms with Crippen molar-refractivity contribution in [3.05, 3.63) is 53.6 Å². The average Bonchev–Trinajstić information content (AvgIpc) is 3.51. The lowest BCUT2D eigenvalue weighted by atomic mass is 9.74. The number of halogens is 3. The number of benzene rings is 1. The third-order valence-electron chi connectivity index (χ3n) is 6.96. The van der Waals surface area contributed by atoms with E-state index in [4.69, 9.17) is 0 Å². The number of anilines is 2. The number of aliphatic hydroxyl groups is 1. The molecular weight excluding hydrogens is 507 g/mol. The van der Waals surface area contributed by atoms with Gasteiger partial charge in [-0.05, 0) is 62.8 Å². The Balaban J connectivity index is 1.39. The molecule has 0 amide bonds. The summed E-state index contributed by atoms with van der Waals surface area (Å²) in [6, 6.07) is 6.11. The number of fused-ring (bicyclic) bond motifs is 1. The molecule has 1 saturated carbocycles. The molecule has 5 rings (SSSR count). The molecule has 1 aliphatic rings. The van der Waals surface area contributed by atoms with Crippen molar-refractivity contribution >= 4 is 39.8 Å². The summed E-state index contributed by atoms with van der Waals surface area (Å²) in [6.07, 6.45) is 2.27. The second-order valence-electron chi connectivity index (χ2n) is 9.41. The van der Waals surface area contributed by atoms with E-state index in [9.17, 15) is 28.2 Å². The van der Waals surface area contributed by atoms with E-state index >= 15 is 0 Å². The van der Waals surface area contributed by atoms with E-state index in [1.807, 2.05) is 6.20 Å². The van der Waals surface area contributed by atoms with Crippen LogP contribution in [0.1, 0.15) is 43.3 Å². The van der Waals surface area contributed by atoms with Crippen molar-refractivity contribution in [2.45, 2.75) is 44.4 Å². The number of carboxylic acid groups (broad SMARTS) is 1. The van der Waals surface area contributed by atoms with Gasteiger partial charge in [-0.15, -0.1) is 11.3 Å². The predicted octanol–water partition coefficient (Wildman–Crippen LogP) is 5.94. The number of rotatable bonds is 6. The van der Waals surface area contributed by atoms with Crippen LogP contribution >= 0.6 is 11.3 Å². The van der Waals surface area contributed by atoms with E-state index in [0.717, 1.165) is 33.6 Å². The van der Waals surface area contributed by atoms with Crippen LogP contribution in [0.2, 0.25) is 0 Å². The normalized spacial score (nSPS) is 20.0. The third kappa shape index (κ3) is 5.03. The zero-order chi connectivity index (χ0) is 26.4. The molecule has 1 fully saturated rings. The van der Waals surface area contributed by atoms with Crippen molar-refractivity contribution < 1.29 is 28.2 Å². The number of aromatic amines is 1. The molecule has 3 heterocycles. The molecule has 4 N–H and O–H groups in total. The fourth-order valence-electron chi connectivity index (χ4n) is 4.82. The van der Waals surface area contributed by atoms with Gasteiger partial charge in [-0.2, -0.15) is 13.2 Å².